The SMILES string of the molecule is CSc1ccc(C=C2C[C@@]3(C)C(=CC2=O)CCC[C@@H]3O)cc1. The number of hydrogen-bond acceptors (Lipinski definition) is 3. The van der Waals surface area contributed by atoms with E-state index in [1.165, 1.54) is 4.90 Å². The molecule has 0 aliphatic heterocycles. The van der Waals surface area contributed by atoms with E-state index in [-0.39, 0.29) is 17.3 Å². The van der Waals surface area contributed by atoms with Gasteiger partial charge >= 0.3 is 0 Å². The number of carbonyl (C=O) groups is 1. The highest BCUT2D eigenvalue weighted by Crippen LogP contribution is 2.48. The van der Waals surface area contributed by atoms with Crippen molar-refractivity contribution in [3.63, 3.8) is 0 Å². The molecule has 0 spiro atoms. The molecule has 1 saturated carbocycles. The largest absolute Gasteiger partial charge is 0.392 e. The minimum absolute atomic E-state index is 0.107. The summed E-state index contributed by atoms with van der Waals surface area (Å²) in [6.07, 6.45) is 8.85. The van der Waals surface area contributed by atoms with Crippen molar-refractivity contribution in [2.24, 2.45) is 5.41 Å². The molecule has 0 aromatic heterocycles. The lowest BCUT2D eigenvalue weighted by molar-refractivity contribution is -0.112. The zero-order chi connectivity index (χ0) is 15.7. The Morgan fingerprint density at radius 2 is 2.05 bits per heavy atom. The maximum Gasteiger partial charge on any atom is 0.181 e. The van der Waals surface area contributed by atoms with E-state index >= 15 is 0 Å². The molecular weight excluding hydrogens is 292 g/mol. The molecule has 0 bridgehead atoms. The number of aliphatic hydroxyl groups excluding tert-OH is 1. The van der Waals surface area contributed by atoms with E-state index in [1.807, 2.05) is 18.2 Å². The number of hydrogen-bond donors (Lipinski definition) is 1. The second-order valence-corrected chi connectivity index (χ2v) is 7.36. The van der Waals surface area contributed by atoms with Gasteiger partial charge in [0.2, 0.25) is 0 Å². The van der Waals surface area contributed by atoms with Gasteiger partial charge in [-0.3, -0.25) is 4.79 Å². The van der Waals surface area contributed by atoms with Crippen molar-refractivity contribution in [3.8, 4) is 0 Å². The van der Waals surface area contributed by atoms with E-state index in [9.17, 15) is 9.90 Å². The molecule has 0 heterocycles. The van der Waals surface area contributed by atoms with Gasteiger partial charge in [0, 0.05) is 15.9 Å². The van der Waals surface area contributed by atoms with Crippen LogP contribution < -0.4 is 0 Å². The fourth-order valence-corrected chi connectivity index (χ4v) is 3.94. The number of carbonyl (C=O) groups excluding carboxylic acids is 1. The molecule has 116 valence electrons. The summed E-state index contributed by atoms with van der Waals surface area (Å²) < 4.78 is 0. The van der Waals surface area contributed by atoms with Gasteiger partial charge in [-0.2, -0.15) is 0 Å². The highest BCUT2D eigenvalue weighted by Gasteiger charge is 2.43. The zero-order valence-electron chi connectivity index (χ0n) is 13.1. The van der Waals surface area contributed by atoms with Crippen LogP contribution in [0.15, 0.2) is 46.4 Å². The minimum atomic E-state index is -0.345. The lowest BCUT2D eigenvalue weighted by atomic mass is 9.63. The Bertz CT molecular complexity index is 642. The maximum atomic E-state index is 12.4. The van der Waals surface area contributed by atoms with Crippen molar-refractivity contribution >= 4 is 23.6 Å². The van der Waals surface area contributed by atoms with Crippen molar-refractivity contribution in [2.45, 2.75) is 43.6 Å². The average molecular weight is 314 g/mol. The molecule has 0 amide bonds. The number of fused-ring (bicyclic) bond motifs is 1. The predicted molar refractivity (Wildman–Crippen MR) is 91.9 cm³/mol. The van der Waals surface area contributed by atoms with Crippen LogP contribution in [0.1, 0.15) is 38.2 Å². The molecule has 1 aromatic rings. The fraction of sp³-hybridized carbons (Fsp3) is 0.421. The van der Waals surface area contributed by atoms with Crippen LogP contribution >= 0.6 is 11.8 Å². The van der Waals surface area contributed by atoms with E-state index in [0.717, 1.165) is 36.0 Å². The molecule has 1 N–H and O–H groups in total. The third-order valence-corrected chi connectivity index (χ3v) is 5.77. The molecule has 2 nitrogen and oxygen atoms in total. The van der Waals surface area contributed by atoms with Gasteiger partial charge in [-0.15, -0.1) is 11.8 Å². The topological polar surface area (TPSA) is 37.3 Å². The van der Waals surface area contributed by atoms with E-state index in [4.69, 9.17) is 0 Å². The first-order valence-corrected chi connectivity index (χ1v) is 9.03. The van der Waals surface area contributed by atoms with Crippen LogP contribution in [0.25, 0.3) is 6.08 Å². The Kier molecular flexibility index (Phi) is 4.28. The predicted octanol–water partition coefficient (Wildman–Crippen LogP) is 4.24. The molecule has 0 unspecified atom stereocenters. The van der Waals surface area contributed by atoms with Crippen molar-refractivity contribution < 1.29 is 9.90 Å². The Labute approximate surface area is 136 Å². The number of aliphatic hydroxyl groups is 1. The first-order valence-electron chi connectivity index (χ1n) is 7.81. The van der Waals surface area contributed by atoms with Gasteiger partial charge in [-0.25, -0.2) is 0 Å². The zero-order valence-corrected chi connectivity index (χ0v) is 14.0. The van der Waals surface area contributed by atoms with Crippen LogP contribution in [0.3, 0.4) is 0 Å². The normalized spacial score (nSPS) is 30.1. The molecule has 0 radical (unpaired) electrons. The van der Waals surface area contributed by atoms with E-state index in [0.29, 0.717) is 6.42 Å². The summed E-state index contributed by atoms with van der Waals surface area (Å²) in [5.41, 5.74) is 2.72. The Morgan fingerprint density at radius 3 is 2.73 bits per heavy atom. The van der Waals surface area contributed by atoms with Crippen LogP contribution in [0.5, 0.6) is 0 Å². The van der Waals surface area contributed by atoms with Crippen LogP contribution in [-0.2, 0) is 4.79 Å². The Balaban J connectivity index is 1.92. The standard InChI is InChI=1S/C19H22O2S/c1-19-12-14(10-13-6-8-16(22-2)9-7-13)17(20)11-15(19)4-3-5-18(19)21/h6-11,18,21H,3-5,12H2,1-2H3/t18-,19-/m0/s1. The van der Waals surface area contributed by atoms with Crippen LogP contribution in [-0.4, -0.2) is 23.2 Å². The number of thioether (sulfide) groups is 1. The van der Waals surface area contributed by atoms with Gasteiger partial charge in [0.25, 0.3) is 0 Å². The highest BCUT2D eigenvalue weighted by molar-refractivity contribution is 7.98. The number of rotatable bonds is 2. The second kappa shape index (κ2) is 6.05. The summed E-state index contributed by atoms with van der Waals surface area (Å²) >= 11 is 1.71. The highest BCUT2D eigenvalue weighted by atomic mass is 32.2. The molecule has 2 atom stereocenters. The molecule has 3 heteroatoms. The molecule has 1 aromatic carbocycles. The number of allylic oxidation sites excluding steroid dienone is 2. The van der Waals surface area contributed by atoms with Gasteiger partial charge in [-0.1, -0.05) is 24.6 Å². The quantitative estimate of drug-likeness (QED) is 0.655. The van der Waals surface area contributed by atoms with Crippen molar-refractivity contribution in [1.82, 2.24) is 0 Å². The number of benzene rings is 1. The lowest BCUT2D eigenvalue weighted by Crippen LogP contribution is -2.40. The summed E-state index contributed by atoms with van der Waals surface area (Å²) in [7, 11) is 0. The summed E-state index contributed by atoms with van der Waals surface area (Å²) in [6, 6.07) is 8.24. The van der Waals surface area contributed by atoms with Crippen molar-refractivity contribution in [1.29, 1.82) is 0 Å². The maximum absolute atomic E-state index is 12.4. The molecule has 3 rings (SSSR count). The lowest BCUT2D eigenvalue weighted by Gasteiger charge is -2.43. The second-order valence-electron chi connectivity index (χ2n) is 6.48. The van der Waals surface area contributed by atoms with Gasteiger partial charge in [0.15, 0.2) is 5.78 Å². The molecular formula is C19H22O2S. The van der Waals surface area contributed by atoms with Gasteiger partial charge in [0.05, 0.1) is 6.10 Å². The van der Waals surface area contributed by atoms with E-state index < -0.39 is 0 Å². The summed E-state index contributed by atoms with van der Waals surface area (Å²) in [6.45, 7) is 2.10. The van der Waals surface area contributed by atoms with Crippen molar-refractivity contribution in [2.75, 3.05) is 6.26 Å². The monoisotopic (exact) mass is 314 g/mol. The van der Waals surface area contributed by atoms with Crippen LogP contribution in [0.4, 0.5) is 0 Å². The van der Waals surface area contributed by atoms with Gasteiger partial charge < -0.3 is 5.11 Å². The number of ketones is 1. The smallest absolute Gasteiger partial charge is 0.181 e. The molecule has 1 fully saturated rings. The average Bonchev–Trinajstić information content (AvgIpc) is 2.51. The van der Waals surface area contributed by atoms with Crippen molar-refractivity contribution in [3.05, 3.63) is 47.1 Å². The third-order valence-electron chi connectivity index (χ3n) is 5.03. The molecule has 2 aliphatic rings. The van der Waals surface area contributed by atoms with E-state index in [2.05, 4.69) is 25.3 Å². The minimum Gasteiger partial charge on any atom is -0.392 e. The molecule has 22 heavy (non-hydrogen) atoms. The van der Waals surface area contributed by atoms with Crippen LogP contribution in [0, 0.1) is 5.41 Å². The molecule has 0 saturated heterocycles. The fourth-order valence-electron chi connectivity index (χ4n) is 3.53. The Hall–Kier alpha value is -1.32. The first kappa shape index (κ1) is 15.6. The summed E-state index contributed by atoms with van der Waals surface area (Å²) in [5, 5.41) is 10.4. The third kappa shape index (κ3) is 2.80. The Morgan fingerprint density at radius 1 is 1.32 bits per heavy atom. The van der Waals surface area contributed by atoms with Gasteiger partial charge in [-0.05, 0) is 61.8 Å². The molecule has 2 aliphatic carbocycles. The van der Waals surface area contributed by atoms with Gasteiger partial charge in [0.1, 0.15) is 0 Å². The summed E-state index contributed by atoms with van der Waals surface area (Å²) in [4.78, 5) is 13.6. The van der Waals surface area contributed by atoms with E-state index in [1.54, 1.807) is 17.8 Å². The first-order chi connectivity index (χ1) is 10.5. The summed E-state index contributed by atoms with van der Waals surface area (Å²) in [5.74, 6) is 0.107. The van der Waals surface area contributed by atoms with Crippen LogP contribution in [0.2, 0.25) is 0 Å².